The quantitative estimate of drug-likeness (QED) is 0.777. The Balaban J connectivity index is 2.01. The lowest BCUT2D eigenvalue weighted by Crippen LogP contribution is -2.08. The van der Waals surface area contributed by atoms with Crippen LogP contribution in [0.1, 0.15) is 25.3 Å². The van der Waals surface area contributed by atoms with E-state index >= 15 is 0 Å². The van der Waals surface area contributed by atoms with Crippen LogP contribution >= 0.6 is 0 Å². The molecule has 3 rings (SSSR count). The maximum Gasteiger partial charge on any atom is 0.243 e. The van der Waals surface area contributed by atoms with Gasteiger partial charge in [0.25, 0.3) is 0 Å². The molecule has 1 aromatic heterocycles. The van der Waals surface area contributed by atoms with E-state index in [4.69, 9.17) is 10.3 Å². The maximum atomic E-state index is 5.88. The van der Waals surface area contributed by atoms with Crippen LogP contribution in [0.15, 0.2) is 47.0 Å². The summed E-state index contributed by atoms with van der Waals surface area (Å²) >= 11 is 0. The summed E-state index contributed by atoms with van der Waals surface area (Å²) in [6, 6.07) is 14.1. The molecule has 0 aliphatic heterocycles. The first-order valence-electron chi connectivity index (χ1n) is 6.36. The minimum absolute atomic E-state index is 0.193. The molecule has 0 aliphatic rings. The summed E-state index contributed by atoms with van der Waals surface area (Å²) in [5.74, 6) is 1.08. The Kier molecular flexibility index (Phi) is 3.01. The largest absolute Gasteiger partial charge is 0.337 e. The molecule has 0 radical (unpaired) electrons. The van der Waals surface area contributed by atoms with E-state index in [0.29, 0.717) is 11.7 Å². The molecule has 0 saturated heterocycles. The standard InChI is InChI=1S/C15H15N3O/c1-2-13(16)15-17-14(18-19-15)12-8-7-10-5-3-4-6-11(10)9-12/h3-9,13H,2,16H2,1H3/t13-/m0/s1. The van der Waals surface area contributed by atoms with Crippen molar-refractivity contribution in [1.29, 1.82) is 0 Å². The number of fused-ring (bicyclic) bond motifs is 1. The average Bonchev–Trinajstić information content (AvgIpc) is 2.95. The summed E-state index contributed by atoms with van der Waals surface area (Å²) in [6.07, 6.45) is 0.777. The van der Waals surface area contributed by atoms with Gasteiger partial charge < -0.3 is 10.3 Å². The molecule has 0 saturated carbocycles. The molecule has 2 N–H and O–H groups in total. The Morgan fingerprint density at radius 1 is 1.16 bits per heavy atom. The molecule has 0 bridgehead atoms. The van der Waals surface area contributed by atoms with Gasteiger partial charge in [0.2, 0.25) is 11.7 Å². The van der Waals surface area contributed by atoms with Crippen LogP contribution in [0.3, 0.4) is 0 Å². The third-order valence-corrected chi connectivity index (χ3v) is 3.21. The van der Waals surface area contributed by atoms with Crippen LogP contribution in [0.2, 0.25) is 0 Å². The number of benzene rings is 2. The first-order valence-corrected chi connectivity index (χ1v) is 6.36. The summed E-state index contributed by atoms with van der Waals surface area (Å²) < 4.78 is 5.20. The van der Waals surface area contributed by atoms with Gasteiger partial charge in [-0.1, -0.05) is 48.5 Å². The first-order chi connectivity index (χ1) is 9.28. The molecule has 4 heteroatoms. The van der Waals surface area contributed by atoms with Gasteiger partial charge in [0.15, 0.2) is 0 Å². The van der Waals surface area contributed by atoms with Gasteiger partial charge in [-0.05, 0) is 23.3 Å². The van der Waals surface area contributed by atoms with Crippen molar-refractivity contribution in [3.05, 3.63) is 48.4 Å². The van der Waals surface area contributed by atoms with Crippen LogP contribution in [-0.2, 0) is 0 Å². The van der Waals surface area contributed by atoms with Gasteiger partial charge in [-0.2, -0.15) is 4.98 Å². The number of hydrogen-bond donors (Lipinski definition) is 1. The molecule has 96 valence electrons. The second-order valence-electron chi connectivity index (χ2n) is 4.53. The van der Waals surface area contributed by atoms with E-state index in [1.54, 1.807) is 0 Å². The fourth-order valence-corrected chi connectivity index (χ4v) is 2.01. The van der Waals surface area contributed by atoms with Gasteiger partial charge >= 0.3 is 0 Å². The molecule has 4 nitrogen and oxygen atoms in total. The van der Waals surface area contributed by atoms with Gasteiger partial charge in [0.1, 0.15) is 0 Å². The Morgan fingerprint density at radius 2 is 1.95 bits per heavy atom. The average molecular weight is 253 g/mol. The smallest absolute Gasteiger partial charge is 0.243 e. The topological polar surface area (TPSA) is 64.9 Å². The third-order valence-electron chi connectivity index (χ3n) is 3.21. The molecule has 2 aromatic carbocycles. The normalized spacial score (nSPS) is 12.7. The lowest BCUT2D eigenvalue weighted by molar-refractivity contribution is 0.352. The van der Waals surface area contributed by atoms with Gasteiger partial charge in [-0.25, -0.2) is 0 Å². The van der Waals surface area contributed by atoms with Gasteiger partial charge in [-0.15, -0.1) is 0 Å². The molecule has 1 heterocycles. The van der Waals surface area contributed by atoms with Crippen LogP contribution in [0.4, 0.5) is 0 Å². The molecule has 3 aromatic rings. The van der Waals surface area contributed by atoms with Crippen LogP contribution in [0, 0.1) is 0 Å². The monoisotopic (exact) mass is 253 g/mol. The highest BCUT2D eigenvalue weighted by Gasteiger charge is 2.14. The zero-order chi connectivity index (χ0) is 13.2. The minimum Gasteiger partial charge on any atom is -0.337 e. The van der Waals surface area contributed by atoms with E-state index in [-0.39, 0.29) is 6.04 Å². The van der Waals surface area contributed by atoms with Crippen LogP contribution in [-0.4, -0.2) is 10.1 Å². The summed E-state index contributed by atoms with van der Waals surface area (Å²) in [5.41, 5.74) is 6.82. The Labute approximate surface area is 111 Å². The first kappa shape index (κ1) is 11.9. The Bertz CT molecular complexity index is 705. The van der Waals surface area contributed by atoms with Crippen LogP contribution in [0.25, 0.3) is 22.2 Å². The van der Waals surface area contributed by atoms with Crippen molar-refractivity contribution in [3.63, 3.8) is 0 Å². The zero-order valence-electron chi connectivity index (χ0n) is 10.7. The van der Waals surface area contributed by atoms with E-state index in [1.165, 1.54) is 5.39 Å². The lowest BCUT2D eigenvalue weighted by Gasteiger charge is -2.00. The number of nitrogens with two attached hydrogens (primary N) is 1. The fourth-order valence-electron chi connectivity index (χ4n) is 2.01. The SMILES string of the molecule is CC[C@H](N)c1nc(-c2ccc3ccccc3c2)no1. The fraction of sp³-hybridized carbons (Fsp3) is 0.200. The molecule has 19 heavy (non-hydrogen) atoms. The maximum absolute atomic E-state index is 5.88. The summed E-state index contributed by atoms with van der Waals surface area (Å²) in [5, 5.41) is 6.35. The van der Waals surface area contributed by atoms with Crippen LogP contribution < -0.4 is 5.73 Å². The lowest BCUT2D eigenvalue weighted by atomic mass is 10.1. The predicted molar refractivity (Wildman–Crippen MR) is 74.5 cm³/mol. The van der Waals surface area contributed by atoms with Gasteiger partial charge in [0.05, 0.1) is 6.04 Å². The number of nitrogens with zero attached hydrogens (tertiary/aromatic N) is 2. The van der Waals surface area contributed by atoms with Crippen molar-refractivity contribution in [2.45, 2.75) is 19.4 Å². The molecule has 0 amide bonds. The van der Waals surface area contributed by atoms with Crippen molar-refractivity contribution in [2.24, 2.45) is 5.73 Å². The number of hydrogen-bond acceptors (Lipinski definition) is 4. The Hall–Kier alpha value is -2.20. The van der Waals surface area contributed by atoms with Crippen molar-refractivity contribution in [3.8, 4) is 11.4 Å². The van der Waals surface area contributed by atoms with Crippen molar-refractivity contribution in [1.82, 2.24) is 10.1 Å². The number of rotatable bonds is 3. The second-order valence-corrected chi connectivity index (χ2v) is 4.53. The second kappa shape index (κ2) is 4.82. The van der Waals surface area contributed by atoms with Crippen molar-refractivity contribution >= 4 is 10.8 Å². The van der Waals surface area contributed by atoms with Crippen molar-refractivity contribution < 1.29 is 4.52 Å². The Morgan fingerprint density at radius 3 is 2.74 bits per heavy atom. The molecule has 0 fully saturated rings. The van der Waals surface area contributed by atoms with Gasteiger partial charge in [0, 0.05) is 5.56 Å². The van der Waals surface area contributed by atoms with E-state index < -0.39 is 0 Å². The molecule has 1 atom stereocenters. The highest BCUT2D eigenvalue weighted by Crippen LogP contribution is 2.23. The van der Waals surface area contributed by atoms with Gasteiger partial charge in [-0.3, -0.25) is 0 Å². The third kappa shape index (κ3) is 2.22. The van der Waals surface area contributed by atoms with E-state index in [2.05, 4.69) is 34.4 Å². The molecular formula is C15H15N3O. The molecular weight excluding hydrogens is 238 g/mol. The molecule has 0 aliphatic carbocycles. The minimum atomic E-state index is -0.193. The molecule has 0 unspecified atom stereocenters. The summed E-state index contributed by atoms with van der Waals surface area (Å²) in [4.78, 5) is 4.36. The zero-order valence-corrected chi connectivity index (χ0v) is 10.7. The summed E-state index contributed by atoms with van der Waals surface area (Å²) in [6.45, 7) is 1.99. The van der Waals surface area contributed by atoms with E-state index in [9.17, 15) is 0 Å². The highest BCUT2D eigenvalue weighted by molar-refractivity contribution is 5.86. The predicted octanol–water partition coefficient (Wildman–Crippen LogP) is 3.30. The van der Waals surface area contributed by atoms with E-state index in [1.807, 2.05) is 25.1 Å². The number of aromatic nitrogens is 2. The molecule has 0 spiro atoms. The van der Waals surface area contributed by atoms with Crippen LogP contribution in [0.5, 0.6) is 0 Å². The van der Waals surface area contributed by atoms with E-state index in [0.717, 1.165) is 17.4 Å². The highest BCUT2D eigenvalue weighted by atomic mass is 16.5. The summed E-state index contributed by atoms with van der Waals surface area (Å²) in [7, 11) is 0. The van der Waals surface area contributed by atoms with Crippen molar-refractivity contribution in [2.75, 3.05) is 0 Å².